The number of carbonyl (C=O) groups is 1. The van der Waals surface area contributed by atoms with Crippen molar-refractivity contribution >= 4 is 5.91 Å². The minimum atomic E-state index is 0.0924. The van der Waals surface area contributed by atoms with Gasteiger partial charge in [-0.2, -0.15) is 0 Å². The molecule has 1 N–H and O–H groups in total. The van der Waals surface area contributed by atoms with Crippen LogP contribution in [-0.2, 0) is 22.6 Å². The molecule has 5 heteroatoms. The van der Waals surface area contributed by atoms with E-state index in [9.17, 15) is 4.79 Å². The first-order chi connectivity index (χ1) is 11.7. The molecule has 0 aromatic heterocycles. The Labute approximate surface area is 144 Å². The Morgan fingerprint density at radius 1 is 1.12 bits per heavy atom. The number of ether oxygens (including phenoxy) is 1. The molecule has 5 nitrogen and oxygen atoms in total. The van der Waals surface area contributed by atoms with Crippen LogP contribution in [0.5, 0.6) is 0 Å². The van der Waals surface area contributed by atoms with E-state index in [1.54, 1.807) is 0 Å². The van der Waals surface area contributed by atoms with Crippen molar-refractivity contribution in [1.29, 1.82) is 0 Å². The molecule has 132 valence electrons. The van der Waals surface area contributed by atoms with Gasteiger partial charge in [0.25, 0.3) is 0 Å². The van der Waals surface area contributed by atoms with Gasteiger partial charge in [-0.3, -0.25) is 9.69 Å². The largest absolute Gasteiger partial charge is 0.392 e. The summed E-state index contributed by atoms with van der Waals surface area (Å²) in [4.78, 5) is 16.8. The third-order valence-corrected chi connectivity index (χ3v) is 5.11. The Morgan fingerprint density at radius 3 is 2.54 bits per heavy atom. The lowest BCUT2D eigenvalue weighted by Gasteiger charge is -2.27. The number of amides is 1. The molecule has 0 bridgehead atoms. The molecule has 0 radical (unpaired) electrons. The zero-order valence-electron chi connectivity index (χ0n) is 14.3. The molecule has 1 atom stereocenters. The van der Waals surface area contributed by atoms with E-state index < -0.39 is 0 Å². The van der Waals surface area contributed by atoms with Crippen LogP contribution in [0.4, 0.5) is 0 Å². The van der Waals surface area contributed by atoms with Crippen LogP contribution in [0.25, 0.3) is 0 Å². The second-order valence-corrected chi connectivity index (χ2v) is 6.88. The minimum absolute atomic E-state index is 0.0924. The predicted octanol–water partition coefficient (Wildman–Crippen LogP) is 1.29. The highest BCUT2D eigenvalue weighted by molar-refractivity contribution is 5.76. The van der Waals surface area contributed by atoms with Crippen molar-refractivity contribution in [2.45, 2.75) is 25.9 Å². The van der Waals surface area contributed by atoms with Gasteiger partial charge in [-0.1, -0.05) is 24.3 Å². The summed E-state index contributed by atoms with van der Waals surface area (Å²) in [5.74, 6) is 0.844. The number of likely N-dealkylation sites (tertiary alicyclic amines) is 1. The fourth-order valence-electron chi connectivity index (χ4n) is 3.58. The van der Waals surface area contributed by atoms with Gasteiger partial charge >= 0.3 is 0 Å². The molecule has 1 amide bonds. The summed E-state index contributed by atoms with van der Waals surface area (Å²) >= 11 is 0. The van der Waals surface area contributed by atoms with Crippen molar-refractivity contribution in [1.82, 2.24) is 9.80 Å². The molecule has 1 aromatic rings. The standard InChI is InChI=1S/C19H28N2O3/c22-15-17-3-1-16(2-4-17)13-18-5-8-21(14-18)19(23)6-7-20-9-11-24-12-10-20/h1-4,18,22H,5-15H2/t18-/m0/s1. The Hall–Kier alpha value is -1.43. The smallest absolute Gasteiger partial charge is 0.223 e. The Morgan fingerprint density at radius 2 is 1.83 bits per heavy atom. The van der Waals surface area contributed by atoms with Crippen molar-refractivity contribution in [2.75, 3.05) is 45.9 Å². The number of hydrogen-bond donors (Lipinski definition) is 1. The quantitative estimate of drug-likeness (QED) is 0.853. The lowest BCUT2D eigenvalue weighted by Crippen LogP contribution is -2.39. The molecular weight excluding hydrogens is 304 g/mol. The number of morpholine rings is 1. The van der Waals surface area contributed by atoms with Gasteiger partial charge in [-0.25, -0.2) is 0 Å². The highest BCUT2D eigenvalue weighted by Gasteiger charge is 2.26. The van der Waals surface area contributed by atoms with Crippen molar-refractivity contribution < 1.29 is 14.6 Å². The van der Waals surface area contributed by atoms with Crippen LogP contribution in [-0.4, -0.2) is 66.8 Å². The zero-order chi connectivity index (χ0) is 16.8. The first kappa shape index (κ1) is 17.4. The van der Waals surface area contributed by atoms with Gasteiger partial charge < -0.3 is 14.7 Å². The number of aliphatic hydroxyl groups is 1. The zero-order valence-corrected chi connectivity index (χ0v) is 14.3. The van der Waals surface area contributed by atoms with Crippen molar-refractivity contribution in [3.05, 3.63) is 35.4 Å². The van der Waals surface area contributed by atoms with E-state index >= 15 is 0 Å². The van der Waals surface area contributed by atoms with E-state index in [1.807, 2.05) is 17.0 Å². The van der Waals surface area contributed by atoms with Crippen LogP contribution in [0.15, 0.2) is 24.3 Å². The van der Waals surface area contributed by atoms with E-state index in [2.05, 4.69) is 17.0 Å². The van der Waals surface area contributed by atoms with Crippen molar-refractivity contribution in [3.8, 4) is 0 Å². The van der Waals surface area contributed by atoms with Gasteiger partial charge in [-0.15, -0.1) is 0 Å². The third-order valence-electron chi connectivity index (χ3n) is 5.11. The van der Waals surface area contributed by atoms with Crippen LogP contribution in [0.1, 0.15) is 24.0 Å². The molecule has 0 saturated carbocycles. The van der Waals surface area contributed by atoms with Crippen LogP contribution >= 0.6 is 0 Å². The Bertz CT molecular complexity index is 526. The van der Waals surface area contributed by atoms with Crippen molar-refractivity contribution in [2.24, 2.45) is 5.92 Å². The maximum absolute atomic E-state index is 12.4. The minimum Gasteiger partial charge on any atom is -0.392 e. The SMILES string of the molecule is O=C(CCN1CCOCC1)N1CC[C@@H](Cc2ccc(CO)cc2)C1. The van der Waals surface area contributed by atoms with Gasteiger partial charge in [0.2, 0.25) is 5.91 Å². The molecule has 0 spiro atoms. The maximum Gasteiger partial charge on any atom is 0.223 e. The van der Waals surface area contributed by atoms with Gasteiger partial charge in [-0.05, 0) is 29.9 Å². The number of nitrogens with zero attached hydrogens (tertiary/aromatic N) is 2. The van der Waals surface area contributed by atoms with Crippen molar-refractivity contribution in [3.63, 3.8) is 0 Å². The lowest BCUT2D eigenvalue weighted by molar-refractivity contribution is -0.130. The predicted molar refractivity (Wildman–Crippen MR) is 92.6 cm³/mol. The van der Waals surface area contributed by atoms with E-state index in [0.717, 1.165) is 64.3 Å². The van der Waals surface area contributed by atoms with Crippen LogP contribution in [0.3, 0.4) is 0 Å². The summed E-state index contributed by atoms with van der Waals surface area (Å²) < 4.78 is 5.34. The molecule has 3 rings (SSSR count). The molecule has 1 aromatic carbocycles. The van der Waals surface area contributed by atoms with E-state index in [1.165, 1.54) is 5.56 Å². The lowest BCUT2D eigenvalue weighted by atomic mass is 9.98. The monoisotopic (exact) mass is 332 g/mol. The Kier molecular flexibility index (Phi) is 6.24. The number of hydrogen-bond acceptors (Lipinski definition) is 4. The topological polar surface area (TPSA) is 53.0 Å². The van der Waals surface area contributed by atoms with Gasteiger partial charge in [0.15, 0.2) is 0 Å². The third kappa shape index (κ3) is 4.79. The summed E-state index contributed by atoms with van der Waals surface area (Å²) in [5.41, 5.74) is 2.24. The second kappa shape index (κ2) is 8.60. The average molecular weight is 332 g/mol. The molecule has 0 unspecified atom stereocenters. The number of rotatable bonds is 6. The number of carbonyl (C=O) groups excluding carboxylic acids is 1. The second-order valence-electron chi connectivity index (χ2n) is 6.88. The average Bonchev–Trinajstić information content (AvgIpc) is 3.10. The molecule has 2 aliphatic rings. The highest BCUT2D eigenvalue weighted by atomic mass is 16.5. The van der Waals surface area contributed by atoms with Gasteiger partial charge in [0.05, 0.1) is 19.8 Å². The van der Waals surface area contributed by atoms with Gasteiger partial charge in [0, 0.05) is 39.1 Å². The Balaban J connectivity index is 1.41. The fourth-order valence-corrected chi connectivity index (χ4v) is 3.58. The summed E-state index contributed by atoms with van der Waals surface area (Å²) in [7, 11) is 0. The van der Waals surface area contributed by atoms with Crippen LogP contribution < -0.4 is 0 Å². The summed E-state index contributed by atoms with van der Waals surface area (Å²) in [6, 6.07) is 8.15. The molecule has 0 aliphatic carbocycles. The first-order valence-corrected chi connectivity index (χ1v) is 9.01. The van der Waals surface area contributed by atoms with E-state index in [-0.39, 0.29) is 6.61 Å². The number of benzene rings is 1. The number of aliphatic hydroxyl groups excluding tert-OH is 1. The van der Waals surface area contributed by atoms with Crippen LogP contribution in [0, 0.1) is 5.92 Å². The first-order valence-electron chi connectivity index (χ1n) is 9.01. The fraction of sp³-hybridized carbons (Fsp3) is 0.632. The van der Waals surface area contributed by atoms with Crippen LogP contribution in [0.2, 0.25) is 0 Å². The highest BCUT2D eigenvalue weighted by Crippen LogP contribution is 2.22. The van der Waals surface area contributed by atoms with E-state index in [4.69, 9.17) is 9.84 Å². The maximum atomic E-state index is 12.4. The molecular formula is C19H28N2O3. The normalized spacial score (nSPS) is 22.0. The summed E-state index contributed by atoms with van der Waals surface area (Å²) in [6.07, 6.45) is 2.72. The molecule has 2 fully saturated rings. The summed E-state index contributed by atoms with van der Waals surface area (Å²) in [6.45, 7) is 6.18. The molecule has 24 heavy (non-hydrogen) atoms. The molecule has 2 saturated heterocycles. The van der Waals surface area contributed by atoms with E-state index in [0.29, 0.717) is 18.2 Å². The van der Waals surface area contributed by atoms with Gasteiger partial charge in [0.1, 0.15) is 0 Å². The molecule has 2 aliphatic heterocycles. The summed E-state index contributed by atoms with van der Waals surface area (Å²) in [5, 5.41) is 9.10. The molecule has 2 heterocycles.